The van der Waals surface area contributed by atoms with Crippen LogP contribution in [0, 0.1) is 0 Å². The maximum absolute atomic E-state index is 5.61. The Hall–Kier alpha value is -0.730. The monoisotopic (exact) mass is 227 g/mol. The van der Waals surface area contributed by atoms with Crippen molar-refractivity contribution in [3.05, 3.63) is 29.3 Å². The predicted octanol–water partition coefficient (Wildman–Crippen LogP) is 2.59. The van der Waals surface area contributed by atoms with E-state index in [-0.39, 0.29) is 0 Å². The molecule has 0 aliphatic rings. The summed E-state index contributed by atoms with van der Waals surface area (Å²) in [5.74, 6) is 1.57. The molecule has 0 aromatic heterocycles. The van der Waals surface area contributed by atoms with Gasteiger partial charge in [0.1, 0.15) is 5.75 Å². The molecule has 3 heteroatoms. The van der Waals surface area contributed by atoms with Crippen molar-refractivity contribution in [1.29, 1.82) is 0 Å². The lowest BCUT2D eigenvalue weighted by atomic mass is 10.1. The molecule has 15 heavy (non-hydrogen) atoms. The molecule has 0 heterocycles. The van der Waals surface area contributed by atoms with Crippen LogP contribution in [0.4, 0.5) is 0 Å². The Balaban J connectivity index is 2.72. The minimum atomic E-state index is 0.635. The molecular formula is C12H18ClNO. The van der Waals surface area contributed by atoms with Crippen LogP contribution in [0.3, 0.4) is 0 Å². The minimum absolute atomic E-state index is 0.635. The summed E-state index contributed by atoms with van der Waals surface area (Å²) in [4.78, 5) is 0. The van der Waals surface area contributed by atoms with Crippen molar-refractivity contribution in [2.75, 3.05) is 19.5 Å². The lowest BCUT2D eigenvalue weighted by molar-refractivity contribution is 0.408. The number of methoxy groups -OCH3 is 1. The zero-order chi connectivity index (χ0) is 11.1. The van der Waals surface area contributed by atoms with Gasteiger partial charge >= 0.3 is 0 Å². The first kappa shape index (κ1) is 12.3. The third-order valence-corrected chi connectivity index (χ3v) is 2.53. The smallest absolute Gasteiger partial charge is 0.123 e. The third kappa shape index (κ3) is 3.73. The van der Waals surface area contributed by atoms with Crippen LogP contribution >= 0.6 is 11.6 Å². The molecule has 0 fully saturated rings. The maximum Gasteiger partial charge on any atom is 0.123 e. The Labute approximate surface area is 96.6 Å². The number of ether oxygens (including phenoxy) is 1. The summed E-state index contributed by atoms with van der Waals surface area (Å²) in [6.45, 7) is 3.78. The molecule has 0 atom stereocenters. The van der Waals surface area contributed by atoms with Crippen LogP contribution in [0.15, 0.2) is 18.2 Å². The Morgan fingerprint density at radius 3 is 2.80 bits per heavy atom. The van der Waals surface area contributed by atoms with E-state index in [0.29, 0.717) is 5.88 Å². The average Bonchev–Trinajstić information content (AvgIpc) is 2.29. The molecule has 0 bridgehead atoms. The van der Waals surface area contributed by atoms with Gasteiger partial charge in [0.05, 0.1) is 7.11 Å². The predicted molar refractivity (Wildman–Crippen MR) is 64.8 cm³/mol. The molecule has 1 aromatic carbocycles. The van der Waals surface area contributed by atoms with Crippen molar-refractivity contribution in [2.45, 2.75) is 19.9 Å². The van der Waals surface area contributed by atoms with Crippen molar-refractivity contribution in [3.63, 3.8) is 0 Å². The van der Waals surface area contributed by atoms with E-state index in [2.05, 4.69) is 24.4 Å². The molecule has 0 radical (unpaired) electrons. The Morgan fingerprint density at radius 1 is 1.40 bits per heavy atom. The van der Waals surface area contributed by atoms with E-state index in [1.807, 2.05) is 6.07 Å². The number of aryl methyl sites for hydroxylation is 1. The highest BCUT2D eigenvalue weighted by Crippen LogP contribution is 2.19. The molecular weight excluding hydrogens is 210 g/mol. The standard InChI is InChI=1S/C12H18ClNO/c1-3-10-4-5-12(15-2)11(8-10)9-14-7-6-13/h4-5,8,14H,3,6-7,9H2,1-2H3. The van der Waals surface area contributed by atoms with Gasteiger partial charge in [-0.1, -0.05) is 19.1 Å². The van der Waals surface area contributed by atoms with Crippen molar-refractivity contribution in [3.8, 4) is 5.75 Å². The molecule has 0 saturated carbocycles. The van der Waals surface area contributed by atoms with Crippen LogP contribution in [0.25, 0.3) is 0 Å². The Kier molecular flexibility index (Phi) is 5.51. The summed E-state index contributed by atoms with van der Waals surface area (Å²) in [6.07, 6.45) is 1.05. The topological polar surface area (TPSA) is 21.3 Å². The fourth-order valence-electron chi connectivity index (χ4n) is 1.48. The Morgan fingerprint density at radius 2 is 2.20 bits per heavy atom. The molecule has 1 rings (SSSR count). The first-order valence-corrected chi connectivity index (χ1v) is 5.77. The SMILES string of the molecule is CCc1ccc(OC)c(CNCCCl)c1. The highest BCUT2D eigenvalue weighted by Gasteiger charge is 2.03. The number of hydrogen-bond acceptors (Lipinski definition) is 2. The highest BCUT2D eigenvalue weighted by atomic mass is 35.5. The van der Waals surface area contributed by atoms with Crippen LogP contribution in [0.5, 0.6) is 5.75 Å². The summed E-state index contributed by atoms with van der Waals surface area (Å²) in [7, 11) is 1.70. The summed E-state index contributed by atoms with van der Waals surface area (Å²) in [6, 6.07) is 6.31. The first-order chi connectivity index (χ1) is 7.31. The van der Waals surface area contributed by atoms with Crippen LogP contribution in [0.2, 0.25) is 0 Å². The highest BCUT2D eigenvalue weighted by molar-refractivity contribution is 6.18. The normalized spacial score (nSPS) is 10.3. The summed E-state index contributed by atoms with van der Waals surface area (Å²) in [5.41, 5.74) is 2.53. The van der Waals surface area contributed by atoms with E-state index in [1.165, 1.54) is 11.1 Å². The number of alkyl halides is 1. The number of benzene rings is 1. The second-order valence-corrected chi connectivity index (χ2v) is 3.74. The number of halogens is 1. The number of nitrogens with one attached hydrogen (secondary N) is 1. The Bertz CT molecular complexity index is 302. The maximum atomic E-state index is 5.61. The molecule has 0 spiro atoms. The van der Waals surface area contributed by atoms with Crippen LogP contribution in [-0.4, -0.2) is 19.5 Å². The van der Waals surface area contributed by atoms with Gasteiger partial charge in [0.25, 0.3) is 0 Å². The fraction of sp³-hybridized carbons (Fsp3) is 0.500. The van der Waals surface area contributed by atoms with Crippen molar-refractivity contribution >= 4 is 11.6 Å². The zero-order valence-electron chi connectivity index (χ0n) is 9.35. The van der Waals surface area contributed by atoms with Gasteiger partial charge in [0.15, 0.2) is 0 Å². The van der Waals surface area contributed by atoms with E-state index in [0.717, 1.165) is 25.3 Å². The summed E-state index contributed by atoms with van der Waals surface area (Å²) in [5, 5.41) is 3.27. The second-order valence-electron chi connectivity index (χ2n) is 3.37. The largest absolute Gasteiger partial charge is 0.496 e. The van der Waals surface area contributed by atoms with Gasteiger partial charge in [0, 0.05) is 24.5 Å². The van der Waals surface area contributed by atoms with E-state index in [1.54, 1.807) is 7.11 Å². The third-order valence-electron chi connectivity index (χ3n) is 2.34. The van der Waals surface area contributed by atoms with E-state index < -0.39 is 0 Å². The zero-order valence-corrected chi connectivity index (χ0v) is 10.1. The molecule has 1 aromatic rings. The molecule has 2 nitrogen and oxygen atoms in total. The van der Waals surface area contributed by atoms with E-state index >= 15 is 0 Å². The lowest BCUT2D eigenvalue weighted by Crippen LogP contribution is -2.16. The van der Waals surface area contributed by atoms with Gasteiger partial charge in [-0.25, -0.2) is 0 Å². The van der Waals surface area contributed by atoms with Gasteiger partial charge in [0.2, 0.25) is 0 Å². The molecule has 1 N–H and O–H groups in total. The van der Waals surface area contributed by atoms with Gasteiger partial charge in [-0.2, -0.15) is 0 Å². The molecule has 84 valence electrons. The van der Waals surface area contributed by atoms with Crippen molar-refractivity contribution < 1.29 is 4.74 Å². The molecule has 0 aliphatic heterocycles. The average molecular weight is 228 g/mol. The quantitative estimate of drug-likeness (QED) is 0.596. The fourth-order valence-corrected chi connectivity index (χ4v) is 1.61. The van der Waals surface area contributed by atoms with Gasteiger partial charge in [-0.15, -0.1) is 11.6 Å². The van der Waals surface area contributed by atoms with Crippen molar-refractivity contribution in [2.24, 2.45) is 0 Å². The molecule has 0 unspecified atom stereocenters. The van der Waals surface area contributed by atoms with Gasteiger partial charge in [-0.05, 0) is 18.1 Å². The van der Waals surface area contributed by atoms with Crippen LogP contribution < -0.4 is 10.1 Å². The first-order valence-electron chi connectivity index (χ1n) is 5.24. The van der Waals surface area contributed by atoms with E-state index in [4.69, 9.17) is 16.3 Å². The van der Waals surface area contributed by atoms with E-state index in [9.17, 15) is 0 Å². The summed E-state index contributed by atoms with van der Waals surface area (Å²) >= 11 is 5.61. The minimum Gasteiger partial charge on any atom is -0.496 e. The van der Waals surface area contributed by atoms with Gasteiger partial charge < -0.3 is 10.1 Å². The molecule has 0 aliphatic carbocycles. The van der Waals surface area contributed by atoms with Crippen molar-refractivity contribution in [1.82, 2.24) is 5.32 Å². The lowest BCUT2D eigenvalue weighted by Gasteiger charge is -2.10. The van der Waals surface area contributed by atoms with Gasteiger partial charge in [-0.3, -0.25) is 0 Å². The number of rotatable bonds is 6. The molecule has 0 saturated heterocycles. The van der Waals surface area contributed by atoms with Crippen LogP contribution in [0.1, 0.15) is 18.1 Å². The number of hydrogen-bond donors (Lipinski definition) is 1. The second kappa shape index (κ2) is 6.70. The molecule has 0 amide bonds. The van der Waals surface area contributed by atoms with Crippen LogP contribution in [-0.2, 0) is 13.0 Å². The summed E-state index contributed by atoms with van der Waals surface area (Å²) < 4.78 is 5.30.